The van der Waals surface area contributed by atoms with Crippen LogP contribution in [0.25, 0.3) is 4.85 Å². The zero-order valence-corrected chi connectivity index (χ0v) is 26.5. The highest BCUT2D eigenvalue weighted by Crippen LogP contribution is 2.44. The summed E-state index contributed by atoms with van der Waals surface area (Å²) in [5, 5.41) is 7.61. The summed E-state index contributed by atoms with van der Waals surface area (Å²) in [6.45, 7) is 13.6. The number of piperazine rings is 1. The summed E-state index contributed by atoms with van der Waals surface area (Å²) >= 11 is 6.44. The Morgan fingerprint density at radius 2 is 1.79 bits per heavy atom. The Morgan fingerprint density at radius 3 is 2.45 bits per heavy atom. The van der Waals surface area contributed by atoms with Crippen LogP contribution in [0.15, 0.2) is 48.7 Å². The average molecular weight is 609 g/mol. The quantitative estimate of drug-likeness (QED) is 0.283. The van der Waals surface area contributed by atoms with Gasteiger partial charge in [0.05, 0.1) is 24.7 Å². The molecule has 2 aromatic carbocycles. The van der Waals surface area contributed by atoms with Gasteiger partial charge in [-0.1, -0.05) is 34.6 Å². The zero-order chi connectivity index (χ0) is 29.9. The van der Waals surface area contributed by atoms with Crippen molar-refractivity contribution in [1.29, 1.82) is 0 Å². The van der Waals surface area contributed by atoms with E-state index in [-0.39, 0.29) is 5.66 Å². The maximum atomic E-state index is 12.8. The summed E-state index contributed by atoms with van der Waals surface area (Å²) in [6, 6.07) is 13.7. The fourth-order valence-corrected chi connectivity index (χ4v) is 7.33. The van der Waals surface area contributed by atoms with E-state index in [0.717, 1.165) is 62.9 Å². The van der Waals surface area contributed by atoms with Crippen molar-refractivity contribution in [2.24, 2.45) is 0 Å². The molecule has 9 nitrogen and oxygen atoms in total. The van der Waals surface area contributed by atoms with Crippen molar-refractivity contribution in [2.45, 2.75) is 37.3 Å². The number of ether oxygens (including phenoxy) is 1. The first-order chi connectivity index (χ1) is 20.1. The number of rotatable bonds is 8. The second kappa shape index (κ2) is 12.6. The van der Waals surface area contributed by atoms with E-state index in [9.17, 15) is 4.57 Å². The SMILES string of the molecule is C#[N+]C1(N2CCN(C)CC2)CCC(c2ccc(Nc3ncc(Cl)c(Nc4ccccc4P(C)(C)=O)n3)c(OC)c2)CC1. The standard InChI is InChI=1S/C31H40ClN7O2P/c1-33-31(39-18-16-38(2)17-19-39)14-12-22(13-15-31)23-10-11-25(27(20-23)41-3)36-30-34-21-24(32)29(37-30)35-26-8-6-7-9-28(26)42(4,5)40/h1,6-11,20-22H,12-19H2,2-5H3,(H2,34,35,36,37)/q+1. The minimum atomic E-state index is -2.52. The van der Waals surface area contributed by atoms with Crippen molar-refractivity contribution >= 4 is 47.2 Å². The molecule has 0 radical (unpaired) electrons. The normalized spacial score (nSPS) is 21.9. The largest absolute Gasteiger partial charge is 0.495 e. The number of halogens is 1. The number of likely N-dealkylation sites (N-methyl/N-ethyl adjacent to an activating group) is 1. The molecule has 5 rings (SSSR count). The van der Waals surface area contributed by atoms with Crippen LogP contribution in [0, 0.1) is 6.57 Å². The molecule has 2 fully saturated rings. The molecular formula is C31H40ClN7O2P+. The van der Waals surface area contributed by atoms with Crippen LogP contribution in [-0.4, -0.2) is 79.1 Å². The maximum Gasteiger partial charge on any atom is 0.337 e. The van der Waals surface area contributed by atoms with Crippen LogP contribution >= 0.6 is 18.7 Å². The Balaban J connectivity index is 1.30. The number of nitrogens with one attached hydrogen (secondary N) is 2. The Kier molecular flexibility index (Phi) is 9.10. The molecule has 0 spiro atoms. The number of methoxy groups -OCH3 is 1. The van der Waals surface area contributed by atoms with Crippen LogP contribution < -0.4 is 20.7 Å². The molecule has 1 aliphatic carbocycles. The van der Waals surface area contributed by atoms with E-state index in [1.165, 1.54) is 11.8 Å². The number of anilines is 4. The summed E-state index contributed by atoms with van der Waals surface area (Å²) in [5.41, 5.74) is 2.43. The third-order valence-electron chi connectivity index (χ3n) is 8.54. The van der Waals surface area contributed by atoms with Crippen molar-refractivity contribution < 1.29 is 9.30 Å². The zero-order valence-electron chi connectivity index (χ0n) is 24.8. The van der Waals surface area contributed by atoms with E-state index >= 15 is 0 Å². The Labute approximate surface area is 253 Å². The lowest BCUT2D eigenvalue weighted by Gasteiger charge is -2.40. The molecule has 2 aliphatic rings. The number of hydrogen-bond donors (Lipinski definition) is 2. The fourth-order valence-electron chi connectivity index (χ4n) is 6.04. The number of aromatic nitrogens is 2. The van der Waals surface area contributed by atoms with E-state index in [2.05, 4.69) is 54.4 Å². The van der Waals surface area contributed by atoms with Gasteiger partial charge in [0.2, 0.25) is 5.95 Å². The van der Waals surface area contributed by atoms with Gasteiger partial charge in [-0.25, -0.2) is 9.88 Å². The van der Waals surface area contributed by atoms with Crippen molar-refractivity contribution in [3.8, 4) is 12.3 Å². The van der Waals surface area contributed by atoms with Crippen molar-refractivity contribution in [2.75, 3.05) is 64.3 Å². The topological polar surface area (TPSA) is 87.0 Å². The molecule has 0 atom stereocenters. The van der Waals surface area contributed by atoms with E-state index in [4.69, 9.17) is 22.9 Å². The third kappa shape index (κ3) is 6.58. The number of para-hydroxylation sites is 1. The Morgan fingerprint density at radius 1 is 1.07 bits per heavy atom. The van der Waals surface area contributed by atoms with Gasteiger partial charge in [-0.15, -0.1) is 0 Å². The van der Waals surface area contributed by atoms with Gasteiger partial charge in [-0.05, 0) is 69.0 Å². The minimum Gasteiger partial charge on any atom is -0.495 e. The predicted molar refractivity (Wildman–Crippen MR) is 173 cm³/mol. The van der Waals surface area contributed by atoms with E-state index in [1.54, 1.807) is 20.4 Å². The van der Waals surface area contributed by atoms with Gasteiger partial charge in [0.25, 0.3) is 6.57 Å². The highest BCUT2D eigenvalue weighted by Gasteiger charge is 2.50. The van der Waals surface area contributed by atoms with Gasteiger partial charge in [-0.3, -0.25) is 0 Å². The van der Waals surface area contributed by atoms with Gasteiger partial charge >= 0.3 is 5.66 Å². The molecular weight excluding hydrogens is 569 g/mol. The molecule has 0 amide bonds. The fraction of sp³-hybridized carbons (Fsp3) is 0.452. The predicted octanol–water partition coefficient (Wildman–Crippen LogP) is 6.44. The molecule has 2 heterocycles. The molecule has 1 saturated heterocycles. The number of benzene rings is 2. The lowest BCUT2D eigenvalue weighted by molar-refractivity contribution is 0.0401. The Bertz CT molecular complexity index is 1510. The van der Waals surface area contributed by atoms with Crippen molar-refractivity contribution in [3.05, 3.63) is 64.1 Å². The van der Waals surface area contributed by atoms with Crippen LogP contribution in [0.2, 0.25) is 5.02 Å². The summed E-state index contributed by atoms with van der Waals surface area (Å²) < 4.78 is 18.6. The van der Waals surface area contributed by atoms with E-state index in [1.807, 2.05) is 30.3 Å². The second-order valence-electron chi connectivity index (χ2n) is 11.6. The first kappa shape index (κ1) is 30.3. The minimum absolute atomic E-state index is 0.257. The third-order valence-corrected chi connectivity index (χ3v) is 10.4. The molecule has 1 saturated carbocycles. The molecule has 11 heteroatoms. The maximum absolute atomic E-state index is 12.8. The van der Waals surface area contributed by atoms with E-state index in [0.29, 0.717) is 34.1 Å². The molecule has 222 valence electrons. The summed E-state index contributed by atoms with van der Waals surface area (Å²) in [6.07, 6.45) is 5.47. The first-order valence-electron chi connectivity index (χ1n) is 14.4. The van der Waals surface area contributed by atoms with Crippen LogP contribution in [-0.2, 0) is 4.57 Å². The van der Waals surface area contributed by atoms with Crippen molar-refractivity contribution in [3.63, 3.8) is 0 Å². The monoisotopic (exact) mass is 608 g/mol. The van der Waals surface area contributed by atoms with Crippen LogP contribution in [0.1, 0.15) is 37.2 Å². The lowest BCUT2D eigenvalue weighted by Crippen LogP contribution is -2.56. The van der Waals surface area contributed by atoms with E-state index < -0.39 is 7.14 Å². The van der Waals surface area contributed by atoms with Gasteiger partial charge < -0.3 is 24.8 Å². The van der Waals surface area contributed by atoms with Crippen molar-refractivity contribution in [1.82, 2.24) is 19.8 Å². The van der Waals surface area contributed by atoms with Gasteiger partial charge in [0, 0.05) is 44.3 Å². The molecule has 1 aromatic heterocycles. The van der Waals surface area contributed by atoms with Gasteiger partial charge in [0.15, 0.2) is 5.82 Å². The average Bonchev–Trinajstić information content (AvgIpc) is 2.99. The smallest absolute Gasteiger partial charge is 0.337 e. The molecule has 3 aromatic rings. The summed E-state index contributed by atoms with van der Waals surface area (Å²) in [7, 11) is 1.31. The molecule has 42 heavy (non-hydrogen) atoms. The molecule has 0 unspecified atom stereocenters. The van der Waals surface area contributed by atoms with Crippen LogP contribution in [0.5, 0.6) is 5.75 Å². The summed E-state index contributed by atoms with van der Waals surface area (Å²) in [5.74, 6) is 1.90. The van der Waals surface area contributed by atoms with Gasteiger partial charge in [0.1, 0.15) is 17.9 Å². The highest BCUT2D eigenvalue weighted by molar-refractivity contribution is 7.70. The number of nitrogens with zero attached hydrogens (tertiary/aromatic N) is 5. The van der Waals surface area contributed by atoms with Crippen LogP contribution in [0.4, 0.5) is 23.1 Å². The molecule has 0 bridgehead atoms. The van der Waals surface area contributed by atoms with Gasteiger partial charge in [-0.2, -0.15) is 4.98 Å². The highest BCUT2D eigenvalue weighted by atomic mass is 35.5. The first-order valence-corrected chi connectivity index (χ1v) is 17.3. The molecule has 2 N–H and O–H groups in total. The van der Waals surface area contributed by atoms with Crippen LogP contribution in [0.3, 0.4) is 0 Å². The summed E-state index contributed by atoms with van der Waals surface area (Å²) in [4.78, 5) is 18.3. The second-order valence-corrected chi connectivity index (χ2v) is 15.2. The molecule has 1 aliphatic heterocycles. The number of hydrogen-bond acceptors (Lipinski definition) is 8. The lowest BCUT2D eigenvalue weighted by atomic mass is 9.77. The Hall–Kier alpha value is -3.15.